The molecule has 172 valence electrons. The SMILES string of the molecule is COc1ccc(CNC(=O)c2cc(-c3cncc(C)c3)nnc2N2CCOCC2)cc1OC. The summed E-state index contributed by atoms with van der Waals surface area (Å²) in [6, 6.07) is 9.29. The lowest BCUT2D eigenvalue weighted by Gasteiger charge is -2.28. The van der Waals surface area contributed by atoms with Crippen LogP contribution in [0.4, 0.5) is 5.82 Å². The zero-order valence-electron chi connectivity index (χ0n) is 19.0. The zero-order chi connectivity index (χ0) is 23.2. The van der Waals surface area contributed by atoms with E-state index in [0.717, 1.165) is 16.7 Å². The second-order valence-corrected chi connectivity index (χ2v) is 7.69. The van der Waals surface area contributed by atoms with Gasteiger partial charge in [0.25, 0.3) is 5.91 Å². The molecule has 1 N–H and O–H groups in total. The molecule has 1 fully saturated rings. The molecule has 3 aromatic rings. The summed E-state index contributed by atoms with van der Waals surface area (Å²) in [6.45, 7) is 4.75. The Morgan fingerprint density at radius 1 is 1.06 bits per heavy atom. The Morgan fingerprint density at radius 2 is 1.85 bits per heavy atom. The number of anilines is 1. The molecule has 0 unspecified atom stereocenters. The van der Waals surface area contributed by atoms with Crippen LogP contribution in [0.25, 0.3) is 11.3 Å². The number of nitrogens with one attached hydrogen (secondary N) is 1. The standard InChI is InChI=1S/C24H27N5O4/c1-16-10-18(15-25-13-16)20-12-19(23(28-27-20)29-6-8-33-9-7-29)24(30)26-14-17-4-5-21(31-2)22(11-17)32-3/h4-5,10-13,15H,6-9,14H2,1-3H3,(H,26,30). The average Bonchev–Trinajstić information content (AvgIpc) is 2.87. The van der Waals surface area contributed by atoms with Crippen LogP contribution < -0.4 is 19.7 Å². The highest BCUT2D eigenvalue weighted by molar-refractivity contribution is 5.99. The summed E-state index contributed by atoms with van der Waals surface area (Å²) >= 11 is 0. The highest BCUT2D eigenvalue weighted by Gasteiger charge is 2.22. The van der Waals surface area contributed by atoms with E-state index < -0.39 is 0 Å². The molecule has 0 spiro atoms. The number of ether oxygens (including phenoxy) is 3. The number of rotatable bonds is 7. The van der Waals surface area contributed by atoms with Gasteiger partial charge in [0, 0.05) is 37.6 Å². The van der Waals surface area contributed by atoms with Crippen molar-refractivity contribution in [1.29, 1.82) is 0 Å². The van der Waals surface area contributed by atoms with E-state index in [9.17, 15) is 4.79 Å². The summed E-state index contributed by atoms with van der Waals surface area (Å²) in [5.74, 6) is 1.56. The van der Waals surface area contributed by atoms with Gasteiger partial charge in [-0.05, 0) is 42.3 Å². The Kier molecular flexibility index (Phi) is 6.99. The van der Waals surface area contributed by atoms with Gasteiger partial charge in [-0.1, -0.05) is 6.07 Å². The average molecular weight is 450 g/mol. The number of nitrogens with zero attached hydrogens (tertiary/aromatic N) is 4. The van der Waals surface area contributed by atoms with Crippen LogP contribution in [0.5, 0.6) is 11.5 Å². The quantitative estimate of drug-likeness (QED) is 0.588. The van der Waals surface area contributed by atoms with Gasteiger partial charge in [0.05, 0.1) is 38.7 Å². The largest absolute Gasteiger partial charge is 0.493 e. The second kappa shape index (κ2) is 10.3. The van der Waals surface area contributed by atoms with E-state index in [-0.39, 0.29) is 5.91 Å². The molecular formula is C24H27N5O4. The number of hydrogen-bond acceptors (Lipinski definition) is 8. The van der Waals surface area contributed by atoms with Gasteiger partial charge in [0.15, 0.2) is 17.3 Å². The Balaban J connectivity index is 1.61. The molecule has 1 aliphatic heterocycles. The van der Waals surface area contributed by atoms with Crippen LogP contribution in [0, 0.1) is 6.92 Å². The van der Waals surface area contributed by atoms with Gasteiger partial charge >= 0.3 is 0 Å². The van der Waals surface area contributed by atoms with Crippen LogP contribution in [0.2, 0.25) is 0 Å². The van der Waals surface area contributed by atoms with Crippen molar-refractivity contribution in [2.45, 2.75) is 13.5 Å². The maximum absolute atomic E-state index is 13.3. The normalized spacial score (nSPS) is 13.5. The molecule has 1 saturated heterocycles. The summed E-state index contributed by atoms with van der Waals surface area (Å²) in [7, 11) is 3.17. The Labute approximate surface area is 192 Å². The van der Waals surface area contributed by atoms with Gasteiger partial charge in [0.1, 0.15) is 0 Å². The predicted molar refractivity (Wildman–Crippen MR) is 124 cm³/mol. The Hall–Kier alpha value is -3.72. The number of pyridine rings is 1. The number of benzene rings is 1. The first-order valence-electron chi connectivity index (χ1n) is 10.7. The highest BCUT2D eigenvalue weighted by Crippen LogP contribution is 2.28. The first-order chi connectivity index (χ1) is 16.1. The number of carbonyl (C=O) groups excluding carboxylic acids is 1. The predicted octanol–water partition coefficient (Wildman–Crippen LogP) is 2.63. The van der Waals surface area contributed by atoms with E-state index >= 15 is 0 Å². The summed E-state index contributed by atoms with van der Waals surface area (Å²) in [5, 5.41) is 11.8. The zero-order valence-corrected chi connectivity index (χ0v) is 19.0. The molecule has 1 amide bonds. The van der Waals surface area contributed by atoms with Crippen molar-refractivity contribution in [2.24, 2.45) is 0 Å². The minimum Gasteiger partial charge on any atom is -0.493 e. The lowest BCUT2D eigenvalue weighted by molar-refractivity contribution is 0.0948. The number of aryl methyl sites for hydroxylation is 1. The minimum absolute atomic E-state index is 0.233. The number of hydrogen-bond donors (Lipinski definition) is 1. The number of carbonyl (C=O) groups is 1. The van der Waals surface area contributed by atoms with E-state index in [1.54, 1.807) is 32.7 Å². The van der Waals surface area contributed by atoms with Crippen LogP contribution in [-0.4, -0.2) is 61.6 Å². The van der Waals surface area contributed by atoms with Crippen LogP contribution in [0.3, 0.4) is 0 Å². The van der Waals surface area contributed by atoms with E-state index in [0.29, 0.717) is 61.4 Å². The first-order valence-corrected chi connectivity index (χ1v) is 10.7. The number of morpholine rings is 1. The minimum atomic E-state index is -0.233. The summed E-state index contributed by atoms with van der Waals surface area (Å²) in [5.41, 5.74) is 3.76. The fourth-order valence-electron chi connectivity index (χ4n) is 3.67. The van der Waals surface area contributed by atoms with Gasteiger partial charge in [-0.15, -0.1) is 10.2 Å². The van der Waals surface area contributed by atoms with Crippen molar-refractivity contribution in [3.05, 3.63) is 59.4 Å². The van der Waals surface area contributed by atoms with E-state index in [4.69, 9.17) is 14.2 Å². The molecule has 33 heavy (non-hydrogen) atoms. The lowest BCUT2D eigenvalue weighted by Crippen LogP contribution is -2.38. The van der Waals surface area contributed by atoms with Crippen LogP contribution >= 0.6 is 0 Å². The molecular weight excluding hydrogens is 422 g/mol. The molecule has 2 aromatic heterocycles. The number of methoxy groups -OCH3 is 2. The lowest BCUT2D eigenvalue weighted by atomic mass is 10.1. The fraction of sp³-hybridized carbons (Fsp3) is 0.333. The molecule has 4 rings (SSSR count). The monoisotopic (exact) mass is 449 g/mol. The first kappa shape index (κ1) is 22.5. The van der Waals surface area contributed by atoms with E-state index in [1.807, 2.05) is 36.1 Å². The molecule has 1 aromatic carbocycles. The molecule has 1 aliphatic rings. The molecule has 0 saturated carbocycles. The smallest absolute Gasteiger partial charge is 0.255 e. The van der Waals surface area contributed by atoms with Gasteiger partial charge in [-0.25, -0.2) is 0 Å². The highest BCUT2D eigenvalue weighted by atomic mass is 16.5. The van der Waals surface area contributed by atoms with Crippen LogP contribution in [0.15, 0.2) is 42.7 Å². The molecule has 0 bridgehead atoms. The van der Waals surface area contributed by atoms with E-state index in [2.05, 4.69) is 20.5 Å². The molecule has 0 aliphatic carbocycles. The van der Waals surface area contributed by atoms with Crippen molar-refractivity contribution in [2.75, 3.05) is 45.4 Å². The maximum atomic E-state index is 13.3. The third-order valence-corrected chi connectivity index (χ3v) is 5.40. The Morgan fingerprint density at radius 3 is 2.58 bits per heavy atom. The Bertz CT molecular complexity index is 1130. The second-order valence-electron chi connectivity index (χ2n) is 7.69. The van der Waals surface area contributed by atoms with Crippen molar-refractivity contribution in [3.8, 4) is 22.8 Å². The third kappa shape index (κ3) is 5.20. The number of aromatic nitrogens is 3. The van der Waals surface area contributed by atoms with Crippen molar-refractivity contribution >= 4 is 11.7 Å². The van der Waals surface area contributed by atoms with E-state index in [1.165, 1.54) is 0 Å². The molecule has 9 heteroatoms. The maximum Gasteiger partial charge on any atom is 0.255 e. The number of amides is 1. The molecule has 3 heterocycles. The van der Waals surface area contributed by atoms with Gasteiger partial charge in [0.2, 0.25) is 0 Å². The summed E-state index contributed by atoms with van der Waals surface area (Å²) < 4.78 is 16.1. The van der Waals surface area contributed by atoms with Gasteiger partial charge in [-0.2, -0.15) is 0 Å². The third-order valence-electron chi connectivity index (χ3n) is 5.40. The van der Waals surface area contributed by atoms with Crippen molar-refractivity contribution < 1.29 is 19.0 Å². The molecule has 0 radical (unpaired) electrons. The molecule has 9 nitrogen and oxygen atoms in total. The van der Waals surface area contributed by atoms with Gasteiger partial charge < -0.3 is 24.4 Å². The topological polar surface area (TPSA) is 98.7 Å². The summed E-state index contributed by atoms with van der Waals surface area (Å²) in [6.07, 6.45) is 3.49. The van der Waals surface area contributed by atoms with Crippen LogP contribution in [0.1, 0.15) is 21.5 Å². The van der Waals surface area contributed by atoms with Crippen molar-refractivity contribution in [1.82, 2.24) is 20.5 Å². The van der Waals surface area contributed by atoms with Gasteiger partial charge in [-0.3, -0.25) is 9.78 Å². The molecule has 0 atom stereocenters. The van der Waals surface area contributed by atoms with Crippen molar-refractivity contribution in [3.63, 3.8) is 0 Å². The fourth-order valence-corrected chi connectivity index (χ4v) is 3.67. The van der Waals surface area contributed by atoms with Crippen LogP contribution in [-0.2, 0) is 11.3 Å². The summed E-state index contributed by atoms with van der Waals surface area (Å²) in [4.78, 5) is 19.6.